The van der Waals surface area contributed by atoms with Gasteiger partial charge in [-0.05, 0) is 20.8 Å². The van der Waals surface area contributed by atoms with Crippen molar-refractivity contribution < 1.29 is 4.74 Å². The van der Waals surface area contributed by atoms with Crippen molar-refractivity contribution in [1.29, 1.82) is 0 Å². The number of nitrogens with one attached hydrogen (secondary N) is 1. The van der Waals surface area contributed by atoms with Crippen molar-refractivity contribution in [3.63, 3.8) is 0 Å². The number of nitrogens with zero attached hydrogens (tertiary/aromatic N) is 1. The summed E-state index contributed by atoms with van der Waals surface area (Å²) in [6, 6.07) is 0.509. The topological polar surface area (TPSA) is 34.1 Å². The van der Waals surface area contributed by atoms with Crippen LogP contribution in [0.2, 0.25) is 0 Å². The molecule has 1 N–H and O–H groups in total. The number of aryl methyl sites for hydroxylation is 1. The Morgan fingerprint density at radius 1 is 1.38 bits per heavy atom. The predicted octanol–water partition coefficient (Wildman–Crippen LogP) is 3.05. The molecule has 4 heteroatoms. The summed E-state index contributed by atoms with van der Waals surface area (Å²) in [5, 5.41) is 4.50. The molecule has 92 valence electrons. The van der Waals surface area contributed by atoms with E-state index >= 15 is 0 Å². The largest absolute Gasteiger partial charge is 0.372 e. The summed E-state index contributed by atoms with van der Waals surface area (Å²) in [6.07, 6.45) is 0.112. The van der Waals surface area contributed by atoms with Crippen molar-refractivity contribution in [2.45, 2.75) is 53.3 Å². The molecular formula is C12H22N2OS. The van der Waals surface area contributed by atoms with E-state index in [-0.39, 0.29) is 6.10 Å². The first-order chi connectivity index (χ1) is 7.54. The zero-order valence-electron chi connectivity index (χ0n) is 10.8. The highest BCUT2D eigenvalue weighted by Crippen LogP contribution is 2.25. The molecule has 0 aliphatic rings. The van der Waals surface area contributed by atoms with E-state index in [0.717, 1.165) is 23.9 Å². The van der Waals surface area contributed by atoms with E-state index in [0.29, 0.717) is 6.04 Å². The molecule has 16 heavy (non-hydrogen) atoms. The number of ether oxygens (including phenoxy) is 1. The maximum absolute atomic E-state index is 5.55. The molecule has 0 radical (unpaired) electrons. The third-order valence-electron chi connectivity index (χ3n) is 2.34. The number of thiazole rings is 1. The third kappa shape index (κ3) is 3.85. The van der Waals surface area contributed by atoms with E-state index in [9.17, 15) is 0 Å². The highest BCUT2D eigenvalue weighted by Gasteiger charge is 2.13. The molecule has 1 heterocycles. The van der Waals surface area contributed by atoms with Gasteiger partial charge in [0.25, 0.3) is 0 Å². The molecule has 0 aliphatic carbocycles. The lowest BCUT2D eigenvalue weighted by Crippen LogP contribution is -2.21. The van der Waals surface area contributed by atoms with Crippen molar-refractivity contribution >= 4 is 11.3 Å². The molecule has 0 spiro atoms. The Morgan fingerprint density at radius 2 is 2.06 bits per heavy atom. The lowest BCUT2D eigenvalue weighted by atomic mass is 10.3. The van der Waals surface area contributed by atoms with E-state index in [1.54, 1.807) is 11.3 Å². The fraction of sp³-hybridized carbons (Fsp3) is 0.750. The first-order valence-corrected chi connectivity index (χ1v) is 6.67. The third-order valence-corrected chi connectivity index (χ3v) is 3.66. The van der Waals surface area contributed by atoms with Crippen LogP contribution in [0.4, 0.5) is 0 Å². The monoisotopic (exact) mass is 242 g/mol. The van der Waals surface area contributed by atoms with Gasteiger partial charge in [0, 0.05) is 24.1 Å². The predicted molar refractivity (Wildman–Crippen MR) is 68.9 cm³/mol. The van der Waals surface area contributed by atoms with Crippen molar-refractivity contribution in [2.24, 2.45) is 0 Å². The molecule has 0 saturated carbocycles. The summed E-state index contributed by atoms with van der Waals surface area (Å²) in [7, 11) is 0. The van der Waals surface area contributed by atoms with E-state index in [4.69, 9.17) is 4.74 Å². The van der Waals surface area contributed by atoms with Crippen LogP contribution in [0.15, 0.2) is 0 Å². The van der Waals surface area contributed by atoms with Gasteiger partial charge in [0.2, 0.25) is 0 Å². The first-order valence-electron chi connectivity index (χ1n) is 5.85. The van der Waals surface area contributed by atoms with Gasteiger partial charge in [-0.3, -0.25) is 0 Å². The molecule has 0 aromatic carbocycles. The van der Waals surface area contributed by atoms with Gasteiger partial charge in [-0.1, -0.05) is 13.8 Å². The highest BCUT2D eigenvalue weighted by molar-refractivity contribution is 7.11. The quantitative estimate of drug-likeness (QED) is 0.832. The fourth-order valence-electron chi connectivity index (χ4n) is 1.41. The minimum atomic E-state index is 0.112. The van der Waals surface area contributed by atoms with Crippen LogP contribution in [0.3, 0.4) is 0 Å². The van der Waals surface area contributed by atoms with E-state index in [1.807, 2.05) is 6.92 Å². The Morgan fingerprint density at radius 3 is 2.62 bits per heavy atom. The van der Waals surface area contributed by atoms with Crippen LogP contribution in [-0.2, 0) is 11.3 Å². The smallest absolute Gasteiger partial charge is 0.122 e. The summed E-state index contributed by atoms with van der Waals surface area (Å²) < 4.78 is 5.55. The first kappa shape index (κ1) is 13.6. The molecule has 1 rings (SSSR count). The molecule has 1 atom stereocenters. The van der Waals surface area contributed by atoms with E-state index < -0.39 is 0 Å². The standard InChI is InChI=1S/C12H22N2OS/c1-6-15-10(5)12-14-9(4)11(16-12)7-13-8(2)3/h8,10,13H,6-7H2,1-5H3. The lowest BCUT2D eigenvalue weighted by Gasteiger charge is -2.07. The van der Waals surface area contributed by atoms with Crippen LogP contribution >= 0.6 is 11.3 Å². The normalized spacial score (nSPS) is 13.4. The van der Waals surface area contributed by atoms with Gasteiger partial charge in [0.15, 0.2) is 0 Å². The van der Waals surface area contributed by atoms with Gasteiger partial charge >= 0.3 is 0 Å². The van der Waals surface area contributed by atoms with Crippen LogP contribution in [-0.4, -0.2) is 17.6 Å². The Hall–Kier alpha value is -0.450. The molecule has 1 aromatic heterocycles. The molecule has 1 unspecified atom stereocenters. The second kappa shape index (κ2) is 6.33. The van der Waals surface area contributed by atoms with Crippen molar-refractivity contribution in [1.82, 2.24) is 10.3 Å². The van der Waals surface area contributed by atoms with Crippen LogP contribution in [0, 0.1) is 6.92 Å². The molecule has 0 aliphatic heterocycles. The number of aromatic nitrogens is 1. The number of rotatable bonds is 6. The van der Waals surface area contributed by atoms with Gasteiger partial charge in [-0.2, -0.15) is 0 Å². The van der Waals surface area contributed by atoms with E-state index in [1.165, 1.54) is 4.88 Å². The molecule has 0 bridgehead atoms. The summed E-state index contributed by atoms with van der Waals surface area (Å²) >= 11 is 1.75. The average Bonchev–Trinajstić information content (AvgIpc) is 2.57. The second-order valence-corrected chi connectivity index (χ2v) is 5.31. The van der Waals surface area contributed by atoms with Crippen molar-refractivity contribution in [2.75, 3.05) is 6.61 Å². The summed E-state index contributed by atoms with van der Waals surface area (Å²) in [4.78, 5) is 5.88. The minimum absolute atomic E-state index is 0.112. The summed E-state index contributed by atoms with van der Waals surface area (Å²) in [6.45, 7) is 12.1. The molecule has 1 aromatic rings. The highest BCUT2D eigenvalue weighted by atomic mass is 32.1. The zero-order chi connectivity index (χ0) is 12.1. The second-order valence-electron chi connectivity index (χ2n) is 4.19. The van der Waals surface area contributed by atoms with Gasteiger partial charge in [-0.15, -0.1) is 11.3 Å². The van der Waals surface area contributed by atoms with Crippen molar-refractivity contribution in [3.8, 4) is 0 Å². The molecule has 0 amide bonds. The minimum Gasteiger partial charge on any atom is -0.372 e. The lowest BCUT2D eigenvalue weighted by molar-refractivity contribution is 0.0761. The van der Waals surface area contributed by atoms with Crippen LogP contribution in [0.5, 0.6) is 0 Å². The zero-order valence-corrected chi connectivity index (χ0v) is 11.6. The van der Waals surface area contributed by atoms with Crippen molar-refractivity contribution in [3.05, 3.63) is 15.6 Å². The number of hydrogen-bond donors (Lipinski definition) is 1. The molecule has 3 nitrogen and oxygen atoms in total. The van der Waals surface area contributed by atoms with Gasteiger partial charge in [0.1, 0.15) is 11.1 Å². The summed E-state index contributed by atoms with van der Waals surface area (Å²) in [5.41, 5.74) is 1.12. The van der Waals surface area contributed by atoms with Crippen LogP contribution < -0.4 is 5.32 Å². The van der Waals surface area contributed by atoms with Gasteiger partial charge in [0.05, 0.1) is 5.69 Å². The van der Waals surface area contributed by atoms with Crippen LogP contribution in [0.25, 0.3) is 0 Å². The maximum Gasteiger partial charge on any atom is 0.122 e. The Balaban J connectivity index is 2.65. The van der Waals surface area contributed by atoms with Gasteiger partial charge in [-0.25, -0.2) is 4.98 Å². The SMILES string of the molecule is CCOC(C)c1nc(C)c(CNC(C)C)s1. The summed E-state index contributed by atoms with van der Waals surface area (Å²) in [5.74, 6) is 0. The Kier molecular flexibility index (Phi) is 5.38. The van der Waals surface area contributed by atoms with Gasteiger partial charge < -0.3 is 10.1 Å². The Bertz CT molecular complexity index is 323. The van der Waals surface area contributed by atoms with Crippen LogP contribution in [0.1, 0.15) is 49.4 Å². The molecular weight excluding hydrogens is 220 g/mol. The molecule has 0 fully saturated rings. The number of hydrogen-bond acceptors (Lipinski definition) is 4. The Labute approximate surface area is 102 Å². The molecule has 0 saturated heterocycles. The maximum atomic E-state index is 5.55. The average molecular weight is 242 g/mol. The fourth-order valence-corrected chi connectivity index (χ4v) is 2.42. The van der Waals surface area contributed by atoms with E-state index in [2.05, 4.69) is 38.0 Å².